The van der Waals surface area contributed by atoms with Crippen LogP contribution in [0.25, 0.3) is 0 Å². The van der Waals surface area contributed by atoms with Crippen molar-refractivity contribution < 1.29 is 14.5 Å². The lowest BCUT2D eigenvalue weighted by atomic mass is 10.1. The molecule has 0 N–H and O–H groups in total. The minimum Gasteiger partial charge on any atom is -0.490 e. The normalized spacial score (nSPS) is 13.1. The first-order valence-electron chi connectivity index (χ1n) is 7.82. The predicted octanol–water partition coefficient (Wildman–Crippen LogP) is 3.26. The van der Waals surface area contributed by atoms with Crippen LogP contribution in [-0.2, 0) is 11.2 Å². The lowest BCUT2D eigenvalue weighted by Crippen LogP contribution is -2.38. The van der Waals surface area contributed by atoms with Gasteiger partial charge in [0.15, 0.2) is 0 Å². The Hall–Kier alpha value is -2.89. The van der Waals surface area contributed by atoms with Crippen molar-refractivity contribution in [2.75, 3.05) is 18.1 Å². The Bertz CT molecular complexity index is 771. The number of hydrogen-bond acceptors (Lipinski definition) is 4. The van der Waals surface area contributed by atoms with Crippen LogP contribution in [-0.4, -0.2) is 24.0 Å². The molecule has 1 amide bonds. The summed E-state index contributed by atoms with van der Waals surface area (Å²) < 4.78 is 5.50. The molecule has 24 heavy (non-hydrogen) atoms. The zero-order valence-electron chi connectivity index (χ0n) is 13.4. The Morgan fingerprint density at radius 1 is 1.25 bits per heavy atom. The topological polar surface area (TPSA) is 72.7 Å². The number of benzene rings is 2. The summed E-state index contributed by atoms with van der Waals surface area (Å²) in [5, 5.41) is 11.0. The second-order valence-electron chi connectivity index (χ2n) is 5.79. The van der Waals surface area contributed by atoms with Crippen molar-refractivity contribution >= 4 is 17.3 Å². The van der Waals surface area contributed by atoms with Crippen molar-refractivity contribution in [1.29, 1.82) is 0 Å². The maximum atomic E-state index is 12.6. The summed E-state index contributed by atoms with van der Waals surface area (Å²) in [4.78, 5) is 24.7. The van der Waals surface area contributed by atoms with Gasteiger partial charge in [-0.25, -0.2) is 0 Å². The number of non-ortho nitro benzene ring substituents is 1. The summed E-state index contributed by atoms with van der Waals surface area (Å²) in [6, 6.07) is 12.4. The van der Waals surface area contributed by atoms with Gasteiger partial charge in [0, 0.05) is 18.6 Å². The molecule has 0 saturated heterocycles. The van der Waals surface area contributed by atoms with Crippen LogP contribution < -0.4 is 9.64 Å². The number of nitro benzene ring substituents is 1. The Morgan fingerprint density at radius 2 is 2.00 bits per heavy atom. The molecular weight excluding hydrogens is 308 g/mol. The lowest BCUT2D eigenvalue weighted by molar-refractivity contribution is -0.384. The van der Waals surface area contributed by atoms with Crippen molar-refractivity contribution in [1.82, 2.24) is 0 Å². The van der Waals surface area contributed by atoms with Crippen LogP contribution in [0.15, 0.2) is 42.5 Å². The molecule has 0 radical (unpaired) electrons. The molecule has 0 atom stereocenters. The number of amides is 1. The van der Waals surface area contributed by atoms with Crippen molar-refractivity contribution in [2.45, 2.75) is 19.8 Å². The number of ether oxygens (including phenoxy) is 1. The van der Waals surface area contributed by atoms with Crippen LogP contribution in [0, 0.1) is 17.0 Å². The fraction of sp³-hybridized carbons (Fsp3) is 0.278. The highest BCUT2D eigenvalue weighted by Crippen LogP contribution is 2.35. The summed E-state index contributed by atoms with van der Waals surface area (Å²) in [6.45, 7) is 2.81. The SMILES string of the molecule is Cc1ccc(CCC(=O)N2CCOc3ccc([N+](=O)[O-])cc32)cc1. The largest absolute Gasteiger partial charge is 0.490 e. The molecular formula is C18H18N2O4. The highest BCUT2D eigenvalue weighted by molar-refractivity contribution is 5.95. The van der Waals surface area contributed by atoms with Crippen LogP contribution in [0.2, 0.25) is 0 Å². The number of nitrogens with zero attached hydrogens (tertiary/aromatic N) is 2. The summed E-state index contributed by atoms with van der Waals surface area (Å²) in [6.07, 6.45) is 0.992. The highest BCUT2D eigenvalue weighted by atomic mass is 16.6. The molecule has 0 saturated carbocycles. The van der Waals surface area contributed by atoms with Crippen LogP contribution >= 0.6 is 0 Å². The van der Waals surface area contributed by atoms with Gasteiger partial charge < -0.3 is 9.64 Å². The predicted molar refractivity (Wildman–Crippen MR) is 90.4 cm³/mol. The van der Waals surface area contributed by atoms with Gasteiger partial charge in [-0.3, -0.25) is 14.9 Å². The molecule has 1 aliphatic rings. The van der Waals surface area contributed by atoms with E-state index in [1.54, 1.807) is 11.0 Å². The molecule has 2 aromatic rings. The molecule has 0 fully saturated rings. The molecule has 3 rings (SSSR count). The highest BCUT2D eigenvalue weighted by Gasteiger charge is 2.25. The van der Waals surface area contributed by atoms with E-state index in [0.717, 1.165) is 5.56 Å². The van der Waals surface area contributed by atoms with E-state index in [0.29, 0.717) is 37.4 Å². The Balaban J connectivity index is 1.75. The lowest BCUT2D eigenvalue weighted by Gasteiger charge is -2.29. The molecule has 2 aromatic carbocycles. The van der Waals surface area contributed by atoms with E-state index in [4.69, 9.17) is 4.74 Å². The number of fused-ring (bicyclic) bond motifs is 1. The fourth-order valence-corrected chi connectivity index (χ4v) is 2.72. The third kappa shape index (κ3) is 3.37. The Morgan fingerprint density at radius 3 is 2.71 bits per heavy atom. The van der Waals surface area contributed by atoms with Crippen molar-refractivity contribution in [2.24, 2.45) is 0 Å². The first kappa shape index (κ1) is 16.0. The molecule has 6 nitrogen and oxygen atoms in total. The number of rotatable bonds is 4. The summed E-state index contributed by atoms with van der Waals surface area (Å²) in [5.74, 6) is 0.455. The number of carbonyl (C=O) groups excluding carboxylic acids is 1. The van der Waals surface area contributed by atoms with Gasteiger partial charge in [0.25, 0.3) is 5.69 Å². The fourth-order valence-electron chi connectivity index (χ4n) is 2.72. The van der Waals surface area contributed by atoms with E-state index in [1.807, 2.05) is 31.2 Å². The molecule has 0 bridgehead atoms. The van der Waals surface area contributed by atoms with E-state index < -0.39 is 4.92 Å². The van der Waals surface area contributed by atoms with Gasteiger partial charge in [-0.15, -0.1) is 0 Å². The number of carbonyl (C=O) groups is 1. The zero-order chi connectivity index (χ0) is 17.1. The number of anilines is 1. The molecule has 0 aliphatic carbocycles. The van der Waals surface area contributed by atoms with Gasteiger partial charge in [0.1, 0.15) is 12.4 Å². The zero-order valence-corrected chi connectivity index (χ0v) is 13.4. The van der Waals surface area contributed by atoms with Crippen molar-refractivity contribution in [3.63, 3.8) is 0 Å². The number of hydrogen-bond donors (Lipinski definition) is 0. The van der Waals surface area contributed by atoms with Gasteiger partial charge >= 0.3 is 0 Å². The van der Waals surface area contributed by atoms with Gasteiger partial charge in [0.05, 0.1) is 17.2 Å². The smallest absolute Gasteiger partial charge is 0.271 e. The average Bonchev–Trinajstić information content (AvgIpc) is 2.60. The van der Waals surface area contributed by atoms with Crippen LogP contribution in [0.1, 0.15) is 17.5 Å². The number of aryl methyl sites for hydroxylation is 2. The van der Waals surface area contributed by atoms with Crippen LogP contribution in [0.4, 0.5) is 11.4 Å². The third-order valence-corrected chi connectivity index (χ3v) is 4.07. The molecule has 0 unspecified atom stereocenters. The first-order chi connectivity index (χ1) is 11.5. The molecule has 6 heteroatoms. The third-order valence-electron chi connectivity index (χ3n) is 4.07. The van der Waals surface area contributed by atoms with E-state index >= 15 is 0 Å². The molecule has 0 spiro atoms. The van der Waals surface area contributed by atoms with E-state index in [9.17, 15) is 14.9 Å². The number of nitro groups is 1. The van der Waals surface area contributed by atoms with Crippen LogP contribution in [0.3, 0.4) is 0 Å². The minimum atomic E-state index is -0.468. The van der Waals surface area contributed by atoms with Gasteiger partial charge in [-0.05, 0) is 25.0 Å². The Kier molecular flexibility index (Phi) is 4.46. The summed E-state index contributed by atoms with van der Waals surface area (Å²) in [5.41, 5.74) is 2.71. The van der Waals surface area contributed by atoms with Gasteiger partial charge in [0.2, 0.25) is 5.91 Å². The minimum absolute atomic E-state index is 0.0458. The van der Waals surface area contributed by atoms with Crippen molar-refractivity contribution in [3.8, 4) is 5.75 Å². The molecule has 1 aliphatic heterocycles. The maximum absolute atomic E-state index is 12.6. The summed E-state index contributed by atoms with van der Waals surface area (Å²) >= 11 is 0. The first-order valence-corrected chi connectivity index (χ1v) is 7.82. The Labute approximate surface area is 139 Å². The second kappa shape index (κ2) is 6.70. The average molecular weight is 326 g/mol. The van der Waals surface area contributed by atoms with Crippen molar-refractivity contribution in [3.05, 3.63) is 63.7 Å². The monoisotopic (exact) mass is 326 g/mol. The van der Waals surface area contributed by atoms with Crippen LogP contribution in [0.5, 0.6) is 5.75 Å². The van der Waals surface area contributed by atoms with Gasteiger partial charge in [-0.2, -0.15) is 0 Å². The molecule has 124 valence electrons. The summed E-state index contributed by atoms with van der Waals surface area (Å²) in [7, 11) is 0. The second-order valence-corrected chi connectivity index (χ2v) is 5.79. The quantitative estimate of drug-likeness (QED) is 0.638. The molecule has 0 aromatic heterocycles. The van der Waals surface area contributed by atoms with E-state index in [2.05, 4.69) is 0 Å². The van der Waals surface area contributed by atoms with Gasteiger partial charge in [-0.1, -0.05) is 29.8 Å². The maximum Gasteiger partial charge on any atom is 0.271 e. The van der Waals surface area contributed by atoms with E-state index in [-0.39, 0.29) is 11.6 Å². The van der Waals surface area contributed by atoms with E-state index in [1.165, 1.54) is 17.7 Å². The molecule has 1 heterocycles. The standard InChI is InChI=1S/C18H18N2O4/c1-13-2-4-14(5-3-13)6-9-18(21)19-10-11-24-17-8-7-15(20(22)23)12-16(17)19/h2-5,7-8,12H,6,9-11H2,1H3.